The van der Waals surface area contributed by atoms with E-state index in [2.05, 4.69) is 9.69 Å². The number of fused-ring (bicyclic) bond motifs is 3. The van der Waals surface area contributed by atoms with Crippen molar-refractivity contribution in [2.24, 2.45) is 0 Å². The van der Waals surface area contributed by atoms with Gasteiger partial charge in [0.15, 0.2) is 5.65 Å². The summed E-state index contributed by atoms with van der Waals surface area (Å²) in [6.07, 6.45) is -4.40. The predicted octanol–water partition coefficient (Wildman–Crippen LogP) is 4.29. The molecule has 0 atom stereocenters. The van der Waals surface area contributed by atoms with Crippen molar-refractivity contribution >= 4 is 39.4 Å². The second-order valence-corrected chi connectivity index (χ2v) is 7.51. The minimum absolute atomic E-state index is 0.151. The van der Waals surface area contributed by atoms with Crippen LogP contribution in [-0.4, -0.2) is 33.1 Å². The van der Waals surface area contributed by atoms with Crippen LogP contribution in [-0.2, 0) is 6.18 Å². The second-order valence-electron chi connectivity index (χ2n) is 6.53. The lowest BCUT2D eigenvalue weighted by Crippen LogP contribution is -2.26. The average molecular weight is 419 g/mol. The summed E-state index contributed by atoms with van der Waals surface area (Å²) in [5.74, 6) is -0.308. The van der Waals surface area contributed by atoms with E-state index in [0.29, 0.717) is 16.9 Å². The summed E-state index contributed by atoms with van der Waals surface area (Å²) >= 11 is 1.30. The molecule has 2 aromatic carbocycles. The van der Waals surface area contributed by atoms with Crippen molar-refractivity contribution in [3.63, 3.8) is 0 Å². The van der Waals surface area contributed by atoms with Crippen LogP contribution in [0.5, 0.6) is 0 Å². The number of aliphatic hydroxyl groups is 1. The van der Waals surface area contributed by atoms with Crippen LogP contribution in [0.4, 0.5) is 13.2 Å². The zero-order chi connectivity index (χ0) is 20.8. The molecule has 0 unspecified atom stereocenters. The molecular formula is C20H16F3N3O2S. The van der Waals surface area contributed by atoms with E-state index in [9.17, 15) is 18.0 Å². The molecule has 0 saturated carbocycles. The Balaban J connectivity index is 1.89. The first-order valence-electron chi connectivity index (χ1n) is 8.78. The molecule has 0 aliphatic carbocycles. The third-order valence-corrected chi connectivity index (χ3v) is 5.42. The van der Waals surface area contributed by atoms with Gasteiger partial charge in [-0.2, -0.15) is 17.5 Å². The van der Waals surface area contributed by atoms with Crippen LogP contribution in [0.1, 0.15) is 20.8 Å². The fraction of sp³-hybridized carbons (Fsp3) is 0.200. The highest BCUT2D eigenvalue weighted by Crippen LogP contribution is 2.36. The quantitative estimate of drug-likeness (QED) is 0.519. The normalized spacial score (nSPS) is 12.0. The molecule has 2 heterocycles. The number of benzene rings is 2. The maximum Gasteiger partial charge on any atom is 0.416 e. The number of carbonyl (C=O) groups excluding carboxylic acids is 1. The van der Waals surface area contributed by atoms with Crippen molar-refractivity contribution in [2.45, 2.75) is 13.1 Å². The Labute approximate surface area is 167 Å². The number of nitrogens with one attached hydrogen (secondary N) is 1. The Bertz CT molecular complexity index is 1210. The number of amides is 1. The summed E-state index contributed by atoms with van der Waals surface area (Å²) in [5.41, 5.74) is 1.65. The van der Waals surface area contributed by atoms with Gasteiger partial charge in [0.1, 0.15) is 0 Å². The number of aryl methyl sites for hydroxylation is 1. The average Bonchev–Trinajstić information content (AvgIpc) is 3.22. The summed E-state index contributed by atoms with van der Waals surface area (Å²) in [5, 5.41) is 13.2. The van der Waals surface area contributed by atoms with Crippen LogP contribution in [0.15, 0.2) is 42.5 Å². The standard InChI is InChI=1S/C20H16F3N3O2S/c1-11-17-15-10-12(19(28)24-8-9-27)2-7-16(15)26(18(17)25-29-11)14-5-3-13(4-6-14)20(21,22)23/h2-7,10,27H,8-9H2,1H3,(H,24,28). The lowest BCUT2D eigenvalue weighted by molar-refractivity contribution is -0.137. The highest BCUT2D eigenvalue weighted by molar-refractivity contribution is 7.07. The molecule has 150 valence electrons. The Morgan fingerprint density at radius 3 is 2.59 bits per heavy atom. The smallest absolute Gasteiger partial charge is 0.395 e. The summed E-state index contributed by atoms with van der Waals surface area (Å²) in [4.78, 5) is 13.2. The van der Waals surface area contributed by atoms with Crippen molar-refractivity contribution < 1.29 is 23.1 Å². The molecule has 0 aliphatic heterocycles. The lowest BCUT2D eigenvalue weighted by atomic mass is 10.1. The molecule has 0 bridgehead atoms. The molecule has 5 nitrogen and oxygen atoms in total. The van der Waals surface area contributed by atoms with Gasteiger partial charge in [0.05, 0.1) is 17.7 Å². The maximum absolute atomic E-state index is 12.9. The van der Waals surface area contributed by atoms with Gasteiger partial charge in [0.25, 0.3) is 5.91 Å². The number of aliphatic hydroxyl groups excluding tert-OH is 1. The largest absolute Gasteiger partial charge is 0.416 e. The monoisotopic (exact) mass is 419 g/mol. The number of carbonyl (C=O) groups is 1. The van der Waals surface area contributed by atoms with E-state index >= 15 is 0 Å². The minimum atomic E-state index is -4.40. The molecule has 2 N–H and O–H groups in total. The molecule has 2 aromatic heterocycles. The van der Waals surface area contributed by atoms with E-state index in [1.807, 2.05) is 6.92 Å². The van der Waals surface area contributed by atoms with Gasteiger partial charge in [-0.05, 0) is 60.9 Å². The van der Waals surface area contributed by atoms with Gasteiger partial charge in [0, 0.05) is 33.4 Å². The van der Waals surface area contributed by atoms with E-state index in [4.69, 9.17) is 5.11 Å². The first kappa shape index (κ1) is 19.4. The van der Waals surface area contributed by atoms with Crippen LogP contribution in [0.2, 0.25) is 0 Å². The summed E-state index contributed by atoms with van der Waals surface area (Å²) in [6, 6.07) is 10.1. The van der Waals surface area contributed by atoms with Gasteiger partial charge in [-0.15, -0.1) is 0 Å². The number of alkyl halides is 3. The zero-order valence-electron chi connectivity index (χ0n) is 15.2. The van der Waals surface area contributed by atoms with Crippen LogP contribution in [0.3, 0.4) is 0 Å². The Morgan fingerprint density at radius 2 is 1.93 bits per heavy atom. The predicted molar refractivity (Wildman–Crippen MR) is 106 cm³/mol. The fourth-order valence-electron chi connectivity index (χ4n) is 3.34. The van der Waals surface area contributed by atoms with Crippen LogP contribution < -0.4 is 5.32 Å². The van der Waals surface area contributed by atoms with Gasteiger partial charge >= 0.3 is 6.18 Å². The first-order chi connectivity index (χ1) is 13.8. The van der Waals surface area contributed by atoms with Crippen molar-refractivity contribution in [1.29, 1.82) is 0 Å². The lowest BCUT2D eigenvalue weighted by Gasteiger charge is -2.10. The summed E-state index contributed by atoms with van der Waals surface area (Å²) in [6.45, 7) is 1.91. The van der Waals surface area contributed by atoms with Gasteiger partial charge < -0.3 is 10.4 Å². The molecule has 0 aliphatic rings. The SMILES string of the molecule is Cc1snc2c1c1cc(C(=O)NCCO)ccc1n2-c1ccc(C(F)(F)F)cc1. The topological polar surface area (TPSA) is 67.2 Å². The molecule has 0 radical (unpaired) electrons. The molecular weight excluding hydrogens is 403 g/mol. The maximum atomic E-state index is 12.9. The van der Waals surface area contributed by atoms with Gasteiger partial charge in [-0.1, -0.05) is 0 Å². The van der Waals surface area contributed by atoms with Crippen LogP contribution >= 0.6 is 11.5 Å². The molecule has 0 fully saturated rings. The number of halogens is 3. The first-order valence-corrected chi connectivity index (χ1v) is 9.55. The van der Waals surface area contributed by atoms with Crippen molar-refractivity contribution in [2.75, 3.05) is 13.2 Å². The number of nitrogens with zero attached hydrogens (tertiary/aromatic N) is 2. The Hall–Kier alpha value is -2.91. The van der Waals surface area contributed by atoms with E-state index in [-0.39, 0.29) is 19.1 Å². The molecule has 0 spiro atoms. The molecule has 1 amide bonds. The molecule has 0 saturated heterocycles. The van der Waals surface area contributed by atoms with Crippen LogP contribution in [0.25, 0.3) is 27.6 Å². The van der Waals surface area contributed by atoms with E-state index in [0.717, 1.165) is 33.3 Å². The second kappa shape index (κ2) is 7.16. The minimum Gasteiger partial charge on any atom is -0.395 e. The zero-order valence-corrected chi connectivity index (χ0v) is 16.1. The third-order valence-electron chi connectivity index (χ3n) is 4.68. The van der Waals surface area contributed by atoms with Crippen molar-refractivity contribution in [1.82, 2.24) is 14.3 Å². The van der Waals surface area contributed by atoms with E-state index in [1.165, 1.54) is 23.7 Å². The van der Waals surface area contributed by atoms with Crippen LogP contribution in [0, 0.1) is 6.92 Å². The third kappa shape index (κ3) is 3.36. The van der Waals surface area contributed by atoms with E-state index < -0.39 is 11.7 Å². The van der Waals surface area contributed by atoms with Gasteiger partial charge in [0.2, 0.25) is 0 Å². The number of aromatic nitrogens is 2. The molecule has 29 heavy (non-hydrogen) atoms. The molecule has 4 rings (SSSR count). The number of hydrogen-bond acceptors (Lipinski definition) is 4. The van der Waals surface area contributed by atoms with Gasteiger partial charge in [-0.3, -0.25) is 9.36 Å². The highest BCUT2D eigenvalue weighted by Gasteiger charge is 2.30. The molecule has 4 aromatic rings. The van der Waals surface area contributed by atoms with Crippen molar-refractivity contribution in [3.8, 4) is 5.69 Å². The number of rotatable bonds is 4. The van der Waals surface area contributed by atoms with Gasteiger partial charge in [-0.25, -0.2) is 0 Å². The van der Waals surface area contributed by atoms with Crippen molar-refractivity contribution in [3.05, 3.63) is 58.5 Å². The fourth-order valence-corrected chi connectivity index (χ4v) is 4.03. The summed E-state index contributed by atoms with van der Waals surface area (Å²) < 4.78 is 45.0. The van der Waals surface area contributed by atoms with E-state index in [1.54, 1.807) is 22.8 Å². The highest BCUT2D eigenvalue weighted by atomic mass is 32.1. The number of hydrogen-bond donors (Lipinski definition) is 2. The molecule has 9 heteroatoms. The Kier molecular flexibility index (Phi) is 4.79. The summed E-state index contributed by atoms with van der Waals surface area (Å²) in [7, 11) is 0. The Morgan fingerprint density at radius 1 is 1.21 bits per heavy atom.